The Morgan fingerprint density at radius 3 is 2.52 bits per heavy atom. The summed E-state index contributed by atoms with van der Waals surface area (Å²) in [5, 5.41) is 2.64. The Hall–Kier alpha value is -2.77. The first kappa shape index (κ1) is 21.0. The van der Waals surface area contributed by atoms with Crippen LogP contribution in [0.3, 0.4) is 0 Å². The Labute approximate surface area is 175 Å². The molecule has 8 heteroatoms. The Balaban J connectivity index is 1.84. The molecule has 3 rings (SSSR count). The number of anilines is 1. The number of ether oxygens (including phenoxy) is 1. The molecule has 4 nitrogen and oxygen atoms in total. The first-order chi connectivity index (χ1) is 13.9. The Kier molecular flexibility index (Phi) is 6.61. The van der Waals surface area contributed by atoms with Gasteiger partial charge in [0.2, 0.25) is 0 Å². The highest BCUT2D eigenvalue weighted by Crippen LogP contribution is 2.35. The number of carbonyl (C=O) groups is 2. The van der Waals surface area contributed by atoms with E-state index in [1.165, 1.54) is 12.1 Å². The molecule has 0 atom stereocenters. The van der Waals surface area contributed by atoms with Gasteiger partial charge in [0.25, 0.3) is 5.91 Å². The third-order valence-electron chi connectivity index (χ3n) is 3.94. The predicted molar refractivity (Wildman–Crippen MR) is 110 cm³/mol. The van der Waals surface area contributed by atoms with Gasteiger partial charge in [-0.2, -0.15) is 0 Å². The third-order valence-corrected chi connectivity index (χ3v) is 5.38. The number of para-hydroxylation sites is 1. The molecule has 0 unspecified atom stereocenters. The molecule has 150 valence electrons. The zero-order chi connectivity index (χ0) is 21.0. The monoisotopic (exact) mass is 435 g/mol. The maximum absolute atomic E-state index is 13.7. The van der Waals surface area contributed by atoms with Gasteiger partial charge in [0, 0.05) is 15.5 Å². The molecule has 0 aliphatic rings. The van der Waals surface area contributed by atoms with Crippen LogP contribution in [0.4, 0.5) is 14.5 Å². The second kappa shape index (κ2) is 9.15. The minimum atomic E-state index is -0.864. The molecule has 1 N–H and O–H groups in total. The van der Waals surface area contributed by atoms with Crippen LogP contribution in [0.25, 0.3) is 10.4 Å². The Bertz CT molecular complexity index is 1050. The number of amides is 1. The van der Waals surface area contributed by atoms with Gasteiger partial charge in [-0.25, -0.2) is 13.6 Å². The van der Waals surface area contributed by atoms with Crippen molar-refractivity contribution in [2.75, 3.05) is 11.9 Å². The number of hydrogen-bond donors (Lipinski definition) is 1. The molecule has 0 aliphatic heterocycles. The Morgan fingerprint density at radius 2 is 1.83 bits per heavy atom. The van der Waals surface area contributed by atoms with E-state index in [9.17, 15) is 18.4 Å². The molecular formula is C21H16ClF2NO3S. The molecular weight excluding hydrogens is 420 g/mol. The van der Waals surface area contributed by atoms with Gasteiger partial charge in [0.15, 0.2) is 0 Å². The first-order valence-electron chi connectivity index (χ1n) is 8.73. The van der Waals surface area contributed by atoms with Crippen molar-refractivity contribution in [2.24, 2.45) is 0 Å². The summed E-state index contributed by atoms with van der Waals surface area (Å²) in [6.07, 6.45) is 0.707. The van der Waals surface area contributed by atoms with Crippen molar-refractivity contribution in [1.82, 2.24) is 0 Å². The van der Waals surface area contributed by atoms with Crippen molar-refractivity contribution in [3.8, 4) is 10.4 Å². The lowest BCUT2D eigenvalue weighted by molar-refractivity contribution is 0.0505. The summed E-state index contributed by atoms with van der Waals surface area (Å²) in [5.41, 5.74) is 0.385. The zero-order valence-corrected chi connectivity index (χ0v) is 16.9. The highest BCUT2D eigenvalue weighted by molar-refractivity contribution is 7.17. The minimum absolute atomic E-state index is 0.234. The van der Waals surface area contributed by atoms with Crippen LogP contribution >= 0.6 is 22.9 Å². The number of carbonyl (C=O) groups excluding carboxylic acids is 2. The third kappa shape index (κ3) is 4.81. The van der Waals surface area contributed by atoms with Crippen molar-refractivity contribution in [1.29, 1.82) is 0 Å². The quantitative estimate of drug-likeness (QED) is 0.471. The summed E-state index contributed by atoms with van der Waals surface area (Å²) in [6, 6.07) is 11.2. The lowest BCUT2D eigenvalue weighted by Crippen LogP contribution is -2.12. The topological polar surface area (TPSA) is 55.4 Å². The lowest BCUT2D eigenvalue weighted by atomic mass is 10.1. The molecule has 0 bridgehead atoms. The number of nitrogens with one attached hydrogen (secondary N) is 1. The molecule has 1 amide bonds. The number of rotatable bonds is 6. The van der Waals surface area contributed by atoms with Crippen molar-refractivity contribution < 1.29 is 23.1 Å². The number of benzene rings is 2. The average Bonchev–Trinajstić information content (AvgIpc) is 3.19. The van der Waals surface area contributed by atoms with Gasteiger partial charge in [-0.3, -0.25) is 4.79 Å². The van der Waals surface area contributed by atoms with Crippen molar-refractivity contribution >= 4 is 40.5 Å². The van der Waals surface area contributed by atoms with E-state index >= 15 is 0 Å². The molecule has 0 saturated carbocycles. The zero-order valence-electron chi connectivity index (χ0n) is 15.3. The molecule has 1 heterocycles. The highest BCUT2D eigenvalue weighted by Gasteiger charge is 2.17. The molecule has 0 saturated heterocycles. The van der Waals surface area contributed by atoms with Gasteiger partial charge in [-0.1, -0.05) is 24.6 Å². The maximum Gasteiger partial charge on any atom is 0.338 e. The van der Waals surface area contributed by atoms with E-state index in [4.69, 9.17) is 16.3 Å². The largest absolute Gasteiger partial charge is 0.462 e. The molecule has 3 aromatic rings. The van der Waals surface area contributed by atoms with E-state index in [1.807, 2.05) is 6.92 Å². The van der Waals surface area contributed by atoms with E-state index in [1.54, 1.807) is 24.3 Å². The standard InChI is InChI=1S/C21H16ClF2NO3S/c1-2-10-28-21(27)12-6-7-14(22)13(11-12)17-8-9-18(29-17)20(26)25-19-15(23)4-3-5-16(19)24/h3-9,11H,2,10H2,1H3,(H,25,26). The second-order valence-corrected chi connectivity index (χ2v) is 7.54. The fourth-order valence-electron chi connectivity index (χ4n) is 2.52. The average molecular weight is 436 g/mol. The van der Waals surface area contributed by atoms with Crippen LogP contribution in [-0.2, 0) is 4.74 Å². The van der Waals surface area contributed by atoms with Gasteiger partial charge >= 0.3 is 5.97 Å². The smallest absolute Gasteiger partial charge is 0.338 e. The SMILES string of the molecule is CCCOC(=O)c1ccc(Cl)c(-c2ccc(C(=O)Nc3c(F)cccc3F)s2)c1. The van der Waals surface area contributed by atoms with E-state index in [2.05, 4.69) is 5.32 Å². The molecule has 0 radical (unpaired) electrons. The van der Waals surface area contributed by atoms with Gasteiger partial charge < -0.3 is 10.1 Å². The fraction of sp³-hybridized carbons (Fsp3) is 0.143. The number of esters is 1. The predicted octanol–water partition coefficient (Wildman–Crippen LogP) is 6.17. The van der Waals surface area contributed by atoms with Crippen LogP contribution in [0.15, 0.2) is 48.5 Å². The van der Waals surface area contributed by atoms with Crippen LogP contribution in [0.2, 0.25) is 5.02 Å². The summed E-state index contributed by atoms with van der Waals surface area (Å²) in [7, 11) is 0. The van der Waals surface area contributed by atoms with Crippen LogP contribution in [0, 0.1) is 11.6 Å². The lowest BCUT2D eigenvalue weighted by Gasteiger charge is -2.07. The Morgan fingerprint density at radius 1 is 1.10 bits per heavy atom. The minimum Gasteiger partial charge on any atom is -0.462 e. The first-order valence-corrected chi connectivity index (χ1v) is 9.92. The summed E-state index contributed by atoms with van der Waals surface area (Å²) in [6.45, 7) is 2.21. The van der Waals surface area contributed by atoms with Crippen molar-refractivity contribution in [3.63, 3.8) is 0 Å². The van der Waals surface area contributed by atoms with Crippen LogP contribution in [0.5, 0.6) is 0 Å². The summed E-state index contributed by atoms with van der Waals surface area (Å²) in [5.74, 6) is -2.85. The van der Waals surface area contributed by atoms with Crippen LogP contribution in [0.1, 0.15) is 33.4 Å². The van der Waals surface area contributed by atoms with E-state index in [0.29, 0.717) is 34.1 Å². The molecule has 0 spiro atoms. The summed E-state index contributed by atoms with van der Waals surface area (Å²) >= 11 is 7.34. The number of halogens is 3. The van der Waals surface area contributed by atoms with Gasteiger partial charge in [0.05, 0.1) is 17.0 Å². The molecule has 2 aromatic carbocycles. The van der Waals surface area contributed by atoms with Crippen molar-refractivity contribution in [3.05, 3.63) is 75.6 Å². The number of thiophene rings is 1. The van der Waals surface area contributed by atoms with Gasteiger partial charge in [-0.15, -0.1) is 11.3 Å². The summed E-state index contributed by atoms with van der Waals surface area (Å²) < 4.78 is 32.6. The second-order valence-electron chi connectivity index (χ2n) is 6.05. The maximum atomic E-state index is 13.7. The molecule has 0 fully saturated rings. The van der Waals surface area contributed by atoms with Gasteiger partial charge in [-0.05, 0) is 48.9 Å². The summed E-state index contributed by atoms with van der Waals surface area (Å²) in [4.78, 5) is 25.3. The van der Waals surface area contributed by atoms with E-state index < -0.39 is 29.2 Å². The highest BCUT2D eigenvalue weighted by atomic mass is 35.5. The van der Waals surface area contributed by atoms with Gasteiger partial charge in [0.1, 0.15) is 17.3 Å². The van der Waals surface area contributed by atoms with Crippen LogP contribution in [-0.4, -0.2) is 18.5 Å². The molecule has 29 heavy (non-hydrogen) atoms. The van der Waals surface area contributed by atoms with Crippen LogP contribution < -0.4 is 5.32 Å². The van der Waals surface area contributed by atoms with Crippen molar-refractivity contribution in [2.45, 2.75) is 13.3 Å². The normalized spacial score (nSPS) is 10.6. The fourth-order valence-corrected chi connectivity index (χ4v) is 3.72. The van der Waals surface area contributed by atoms with E-state index in [0.717, 1.165) is 23.5 Å². The number of hydrogen-bond acceptors (Lipinski definition) is 4. The molecule has 1 aromatic heterocycles. The molecule has 0 aliphatic carbocycles. The van der Waals surface area contributed by atoms with E-state index in [-0.39, 0.29) is 4.88 Å².